The van der Waals surface area contributed by atoms with E-state index in [-0.39, 0.29) is 0 Å². The minimum absolute atomic E-state index is 0.363. The molecule has 3 heterocycles. The summed E-state index contributed by atoms with van der Waals surface area (Å²) < 4.78 is 6.67. The van der Waals surface area contributed by atoms with Gasteiger partial charge in [0.2, 0.25) is 5.75 Å². The second-order valence-electron chi connectivity index (χ2n) is 8.07. The zero-order chi connectivity index (χ0) is 22.3. The van der Waals surface area contributed by atoms with Crippen LogP contribution >= 0.6 is 0 Å². The quantitative estimate of drug-likeness (QED) is 0.405. The number of carboxylic acid groups (broad SMARTS) is 1. The highest BCUT2D eigenvalue weighted by Crippen LogP contribution is 2.40. The molecular weight excluding hydrogens is 400 g/mol. The number of pyridine rings is 1. The molecule has 9 nitrogen and oxygen atoms in total. The zero-order valence-corrected chi connectivity index (χ0v) is 17.7. The molecule has 4 rings (SSSR count). The molecule has 0 spiro atoms. The van der Waals surface area contributed by atoms with E-state index in [4.69, 9.17) is 5.11 Å². The molecule has 0 radical (unpaired) electrons. The first-order valence-electron chi connectivity index (χ1n) is 10.2. The molecule has 0 fully saturated rings. The molecule has 0 atom stereocenters. The fourth-order valence-corrected chi connectivity index (χ4v) is 4.03. The number of fused-ring (bicyclic) bond motifs is 4. The number of aromatic amines is 1. The van der Waals surface area contributed by atoms with E-state index in [1.54, 1.807) is 0 Å². The average Bonchev–Trinajstić information content (AvgIpc) is 3.00. The molecule has 0 amide bonds. The smallest absolute Gasteiger partial charge is 0.504 e. The average molecular weight is 426 g/mol. The van der Waals surface area contributed by atoms with E-state index in [1.807, 2.05) is 19.2 Å². The van der Waals surface area contributed by atoms with Crippen LogP contribution in [0.4, 0.5) is 10.5 Å². The Kier molecular flexibility index (Phi) is 5.36. The van der Waals surface area contributed by atoms with Crippen molar-refractivity contribution < 1.29 is 19.7 Å². The Morgan fingerprint density at radius 1 is 1.32 bits per heavy atom. The fourth-order valence-electron chi connectivity index (χ4n) is 4.03. The van der Waals surface area contributed by atoms with Gasteiger partial charge in [-0.05, 0) is 31.0 Å². The molecule has 0 unspecified atom stereocenters. The Hall–Kier alpha value is -3.46. The molecule has 1 aliphatic rings. The van der Waals surface area contributed by atoms with Gasteiger partial charge in [0.05, 0.1) is 11.2 Å². The first kappa shape index (κ1) is 20.8. The van der Waals surface area contributed by atoms with Gasteiger partial charge in [0.15, 0.2) is 5.75 Å². The van der Waals surface area contributed by atoms with Crippen LogP contribution in [0.3, 0.4) is 0 Å². The molecular formula is C22H26N4O5. The molecule has 2 aromatic heterocycles. The summed E-state index contributed by atoms with van der Waals surface area (Å²) in [5.41, 5.74) is 3.89. The van der Waals surface area contributed by atoms with Crippen molar-refractivity contribution in [2.24, 2.45) is 7.05 Å². The predicted octanol–water partition coefficient (Wildman–Crippen LogP) is 3.15. The highest BCUT2D eigenvalue weighted by Gasteiger charge is 2.24. The van der Waals surface area contributed by atoms with Crippen molar-refractivity contribution in [1.82, 2.24) is 14.9 Å². The van der Waals surface area contributed by atoms with Crippen LogP contribution in [0.2, 0.25) is 0 Å². The van der Waals surface area contributed by atoms with Crippen molar-refractivity contribution in [1.29, 1.82) is 0 Å². The number of aromatic hydroxyl groups is 1. The molecule has 3 aromatic rings. The molecule has 164 valence electrons. The lowest BCUT2D eigenvalue weighted by Crippen LogP contribution is -2.23. The van der Waals surface area contributed by atoms with Crippen molar-refractivity contribution in [3.05, 3.63) is 39.8 Å². The van der Waals surface area contributed by atoms with Gasteiger partial charge in [-0.2, -0.15) is 0 Å². The van der Waals surface area contributed by atoms with Crippen molar-refractivity contribution in [3.63, 3.8) is 0 Å². The topological polar surface area (TPSA) is 129 Å². The molecule has 1 aromatic carbocycles. The molecule has 0 bridgehead atoms. The lowest BCUT2D eigenvalue weighted by Gasteiger charge is -2.20. The number of rotatable bonds is 4. The number of H-pyrrole nitrogens is 1. The number of nitrogens with one attached hydrogen (secondary N) is 3. The van der Waals surface area contributed by atoms with Crippen LogP contribution in [0.5, 0.6) is 11.5 Å². The minimum Gasteiger partial charge on any atom is -0.504 e. The molecule has 0 aliphatic carbocycles. The van der Waals surface area contributed by atoms with Crippen LogP contribution < -0.4 is 20.9 Å². The number of aromatic nitrogens is 2. The summed E-state index contributed by atoms with van der Waals surface area (Å²) in [5, 5.41) is 27.4. The number of nitrogens with zero attached hydrogens (tertiary/aromatic N) is 1. The number of aryl methyl sites for hydroxylation is 1. The summed E-state index contributed by atoms with van der Waals surface area (Å²) >= 11 is 0. The van der Waals surface area contributed by atoms with Crippen LogP contribution in [0.1, 0.15) is 31.5 Å². The van der Waals surface area contributed by atoms with E-state index < -0.39 is 23.2 Å². The maximum atomic E-state index is 12.5. The van der Waals surface area contributed by atoms with Crippen molar-refractivity contribution in [3.8, 4) is 22.8 Å². The monoisotopic (exact) mass is 426 g/mol. The third-order valence-corrected chi connectivity index (χ3v) is 5.60. The van der Waals surface area contributed by atoms with Crippen LogP contribution in [-0.4, -0.2) is 38.5 Å². The van der Waals surface area contributed by atoms with Crippen molar-refractivity contribution in [2.75, 3.05) is 11.9 Å². The van der Waals surface area contributed by atoms with Gasteiger partial charge >= 0.3 is 6.16 Å². The lowest BCUT2D eigenvalue weighted by molar-refractivity contribution is 0.142. The molecule has 9 heteroatoms. The van der Waals surface area contributed by atoms with Gasteiger partial charge in [0.1, 0.15) is 0 Å². The molecule has 0 saturated carbocycles. The van der Waals surface area contributed by atoms with Gasteiger partial charge in [0, 0.05) is 54.1 Å². The highest BCUT2D eigenvalue weighted by atomic mass is 16.7. The van der Waals surface area contributed by atoms with Gasteiger partial charge in [-0.1, -0.05) is 13.8 Å². The second-order valence-corrected chi connectivity index (χ2v) is 8.07. The lowest BCUT2D eigenvalue weighted by atomic mass is 9.96. The fraction of sp³-hybridized carbons (Fsp3) is 0.364. The first-order valence-corrected chi connectivity index (χ1v) is 10.2. The van der Waals surface area contributed by atoms with E-state index in [1.165, 1.54) is 0 Å². The van der Waals surface area contributed by atoms with Crippen LogP contribution in [-0.2, 0) is 20.0 Å². The minimum atomic E-state index is -1.65. The number of ether oxygens (including phenoxy) is 1. The maximum absolute atomic E-state index is 12.5. The summed E-state index contributed by atoms with van der Waals surface area (Å²) in [6.45, 7) is 5.59. The van der Waals surface area contributed by atoms with Gasteiger partial charge < -0.3 is 35.1 Å². The normalized spacial score (nSPS) is 13.3. The molecule has 1 aliphatic heterocycles. The van der Waals surface area contributed by atoms with Gasteiger partial charge in [-0.15, -0.1) is 0 Å². The third-order valence-electron chi connectivity index (χ3n) is 5.60. The number of carbonyl (C=O) groups is 1. The Morgan fingerprint density at radius 3 is 2.81 bits per heavy atom. The highest BCUT2D eigenvalue weighted by molar-refractivity contribution is 5.94. The summed E-state index contributed by atoms with van der Waals surface area (Å²) in [6.07, 6.45) is -0.508. The first-order chi connectivity index (χ1) is 14.8. The Balaban J connectivity index is 1.90. The SMILES string of the molecule is CC(C)NCc1cc2cc3c(cc2n1C)NCCCc1c-3[nH]c(=O)c(OC(=O)O)c1O. The van der Waals surface area contributed by atoms with Crippen LogP contribution in [0, 0.1) is 0 Å². The Morgan fingerprint density at radius 2 is 2.10 bits per heavy atom. The van der Waals surface area contributed by atoms with Gasteiger partial charge in [0.25, 0.3) is 5.56 Å². The summed E-state index contributed by atoms with van der Waals surface area (Å²) in [6, 6.07) is 6.48. The number of hydrogen-bond donors (Lipinski definition) is 5. The van der Waals surface area contributed by atoms with Crippen molar-refractivity contribution >= 4 is 22.7 Å². The maximum Gasteiger partial charge on any atom is 0.511 e. The Bertz CT molecular complexity index is 1230. The summed E-state index contributed by atoms with van der Waals surface area (Å²) in [5.74, 6) is -1.02. The van der Waals surface area contributed by atoms with Crippen LogP contribution in [0.25, 0.3) is 22.2 Å². The standard InChI is InChI=1S/C22H26N4O5/c1-11(2)24-10-13-7-12-8-15-16(9-17(12)26(13)3)23-6-4-5-14-18(15)25-21(28)20(19(14)27)31-22(29)30/h7-9,11,23-24H,4-6,10H2,1-3H3,(H,29,30)(H2,25,27,28). The second kappa shape index (κ2) is 7.99. The van der Waals surface area contributed by atoms with Crippen LogP contribution in [0.15, 0.2) is 23.0 Å². The van der Waals surface area contributed by atoms with Gasteiger partial charge in [-0.3, -0.25) is 4.79 Å². The molecule has 5 N–H and O–H groups in total. The van der Waals surface area contributed by atoms with Crippen molar-refractivity contribution in [2.45, 2.75) is 39.3 Å². The van der Waals surface area contributed by atoms with E-state index in [0.717, 1.165) is 34.4 Å². The van der Waals surface area contributed by atoms with E-state index in [0.29, 0.717) is 36.7 Å². The summed E-state index contributed by atoms with van der Waals surface area (Å²) in [4.78, 5) is 26.2. The van der Waals surface area contributed by atoms with Gasteiger partial charge in [-0.25, -0.2) is 4.79 Å². The molecule has 0 saturated heterocycles. The van der Waals surface area contributed by atoms with E-state index in [9.17, 15) is 14.7 Å². The Labute approximate surface area is 178 Å². The third kappa shape index (κ3) is 3.84. The van der Waals surface area contributed by atoms with E-state index in [2.05, 4.69) is 44.8 Å². The number of anilines is 1. The zero-order valence-electron chi connectivity index (χ0n) is 17.7. The largest absolute Gasteiger partial charge is 0.511 e. The number of hydrogen-bond acceptors (Lipinski definition) is 6. The summed E-state index contributed by atoms with van der Waals surface area (Å²) in [7, 11) is 2.02. The van der Waals surface area contributed by atoms with E-state index >= 15 is 0 Å². The molecule has 31 heavy (non-hydrogen) atoms. The number of benzene rings is 1. The predicted molar refractivity (Wildman–Crippen MR) is 118 cm³/mol.